The molecule has 0 aromatic rings. The Kier molecular flexibility index (Phi) is 30.1. The average Bonchev–Trinajstić information content (AvgIpc) is 2.89. The van der Waals surface area contributed by atoms with Gasteiger partial charge in [0.1, 0.15) is 0 Å². The molecule has 6 heteroatoms. The third-order valence-electron chi connectivity index (χ3n) is 6.97. The number of nitrogens with one attached hydrogen (secondary N) is 4. The van der Waals surface area contributed by atoms with Crippen molar-refractivity contribution in [2.24, 2.45) is 0 Å². The first kappa shape index (κ1) is 35.9. The highest BCUT2D eigenvalue weighted by Crippen LogP contribution is 2.10. The fourth-order valence-corrected chi connectivity index (χ4v) is 4.50. The van der Waals surface area contributed by atoms with Crippen LogP contribution in [-0.2, 0) is 9.59 Å². The molecule has 0 heterocycles. The maximum atomic E-state index is 11.9. The quantitative estimate of drug-likeness (QED) is 0.0795. The Morgan fingerprint density at radius 3 is 1.05 bits per heavy atom. The van der Waals surface area contributed by atoms with Gasteiger partial charge in [0.2, 0.25) is 11.8 Å². The second-order valence-electron chi connectivity index (χ2n) is 10.7. The molecule has 0 fully saturated rings. The fourth-order valence-electron chi connectivity index (χ4n) is 4.50. The molecule has 0 unspecified atom stereocenters. The lowest BCUT2D eigenvalue weighted by molar-refractivity contribution is -0.121. The van der Waals surface area contributed by atoms with Gasteiger partial charge in [0, 0.05) is 39.0 Å². The van der Waals surface area contributed by atoms with Crippen molar-refractivity contribution in [1.82, 2.24) is 21.3 Å². The topological polar surface area (TPSA) is 82.3 Å². The lowest BCUT2D eigenvalue weighted by Gasteiger charge is -2.08. The Labute approximate surface area is 230 Å². The number of carbonyl (C=O) groups excluding carboxylic acids is 2. The zero-order chi connectivity index (χ0) is 27.1. The van der Waals surface area contributed by atoms with Crippen molar-refractivity contribution in [3.63, 3.8) is 0 Å². The summed E-state index contributed by atoms with van der Waals surface area (Å²) in [5.41, 5.74) is 0. The van der Waals surface area contributed by atoms with E-state index in [1.54, 1.807) is 0 Å². The van der Waals surface area contributed by atoms with Crippen molar-refractivity contribution in [1.29, 1.82) is 0 Å². The van der Waals surface area contributed by atoms with Crippen LogP contribution in [0.15, 0.2) is 0 Å². The Bertz CT molecular complexity index is 446. The fraction of sp³-hybridized carbons (Fsp3) is 0.935. The molecule has 4 N–H and O–H groups in total. The number of hydrogen-bond acceptors (Lipinski definition) is 4. The standard InChI is InChI=1S/C31H64N4O2/c1-3-5-7-9-11-13-15-17-19-26-34-30(36)22-28-32-24-21-25-33-29-23-31(37)35-27-20-18-16-14-12-10-8-6-4-2/h32-33H,3-29H2,1-2H3,(H,34,36)(H,35,37). The van der Waals surface area contributed by atoms with E-state index in [2.05, 4.69) is 35.1 Å². The summed E-state index contributed by atoms with van der Waals surface area (Å²) in [5, 5.41) is 12.7. The molecule has 220 valence electrons. The first-order valence-corrected chi connectivity index (χ1v) is 16.2. The maximum absolute atomic E-state index is 11.9. The van der Waals surface area contributed by atoms with Crippen LogP contribution in [-0.4, -0.2) is 51.1 Å². The van der Waals surface area contributed by atoms with Crippen LogP contribution in [0, 0.1) is 0 Å². The minimum Gasteiger partial charge on any atom is -0.356 e. The Morgan fingerprint density at radius 1 is 0.378 bits per heavy atom. The van der Waals surface area contributed by atoms with Crippen LogP contribution in [0.3, 0.4) is 0 Å². The molecule has 0 aliphatic heterocycles. The number of rotatable bonds is 30. The van der Waals surface area contributed by atoms with Gasteiger partial charge in [0.25, 0.3) is 0 Å². The first-order chi connectivity index (χ1) is 18.2. The second-order valence-corrected chi connectivity index (χ2v) is 10.7. The summed E-state index contributed by atoms with van der Waals surface area (Å²) in [5.74, 6) is 0.303. The molecule has 0 saturated carbocycles. The highest BCUT2D eigenvalue weighted by molar-refractivity contribution is 5.76. The van der Waals surface area contributed by atoms with E-state index in [0.29, 0.717) is 12.8 Å². The number of carbonyl (C=O) groups is 2. The monoisotopic (exact) mass is 525 g/mol. The molecule has 37 heavy (non-hydrogen) atoms. The molecule has 0 spiro atoms. The van der Waals surface area contributed by atoms with Crippen molar-refractivity contribution in [2.75, 3.05) is 39.3 Å². The van der Waals surface area contributed by atoms with E-state index in [-0.39, 0.29) is 11.8 Å². The van der Waals surface area contributed by atoms with Crippen LogP contribution in [0.1, 0.15) is 149 Å². The van der Waals surface area contributed by atoms with E-state index < -0.39 is 0 Å². The summed E-state index contributed by atoms with van der Waals surface area (Å²) in [4.78, 5) is 23.8. The highest BCUT2D eigenvalue weighted by atomic mass is 16.2. The van der Waals surface area contributed by atoms with Crippen LogP contribution in [0.4, 0.5) is 0 Å². The lowest BCUT2D eigenvalue weighted by atomic mass is 10.1. The van der Waals surface area contributed by atoms with Gasteiger partial charge in [0.15, 0.2) is 0 Å². The Morgan fingerprint density at radius 2 is 0.703 bits per heavy atom. The molecule has 0 aliphatic rings. The summed E-state index contributed by atoms with van der Waals surface area (Å²) in [6.07, 6.45) is 25.6. The molecule has 0 bridgehead atoms. The van der Waals surface area contributed by atoms with E-state index in [0.717, 1.165) is 58.5 Å². The number of hydrogen-bond donors (Lipinski definition) is 4. The molecule has 0 rings (SSSR count). The van der Waals surface area contributed by atoms with Crippen molar-refractivity contribution >= 4 is 11.8 Å². The van der Waals surface area contributed by atoms with E-state index in [9.17, 15) is 9.59 Å². The Hall–Kier alpha value is -1.14. The summed E-state index contributed by atoms with van der Waals surface area (Å²) >= 11 is 0. The van der Waals surface area contributed by atoms with Gasteiger partial charge in [-0.25, -0.2) is 0 Å². The summed E-state index contributed by atoms with van der Waals surface area (Å²) in [6.45, 7) is 9.38. The average molecular weight is 525 g/mol. The molecule has 0 aromatic carbocycles. The summed E-state index contributed by atoms with van der Waals surface area (Å²) < 4.78 is 0. The second kappa shape index (κ2) is 31.1. The van der Waals surface area contributed by atoms with Gasteiger partial charge in [-0.05, 0) is 32.4 Å². The van der Waals surface area contributed by atoms with Crippen molar-refractivity contribution in [3.8, 4) is 0 Å². The van der Waals surface area contributed by atoms with Crippen LogP contribution >= 0.6 is 0 Å². The van der Waals surface area contributed by atoms with Crippen LogP contribution < -0.4 is 21.3 Å². The number of amides is 2. The van der Waals surface area contributed by atoms with E-state index >= 15 is 0 Å². The van der Waals surface area contributed by atoms with Gasteiger partial charge in [0.05, 0.1) is 0 Å². The zero-order valence-electron chi connectivity index (χ0n) is 24.9. The predicted molar refractivity (Wildman–Crippen MR) is 160 cm³/mol. The zero-order valence-corrected chi connectivity index (χ0v) is 24.9. The summed E-state index contributed by atoms with van der Waals surface area (Å²) in [6, 6.07) is 0. The van der Waals surface area contributed by atoms with Gasteiger partial charge < -0.3 is 21.3 Å². The number of unbranched alkanes of at least 4 members (excludes halogenated alkanes) is 16. The molecular formula is C31H64N4O2. The van der Waals surface area contributed by atoms with Crippen LogP contribution in [0.25, 0.3) is 0 Å². The van der Waals surface area contributed by atoms with Gasteiger partial charge in [-0.15, -0.1) is 0 Å². The van der Waals surface area contributed by atoms with Crippen molar-refractivity contribution in [2.45, 2.75) is 149 Å². The third-order valence-corrected chi connectivity index (χ3v) is 6.97. The normalized spacial score (nSPS) is 11.1. The molecule has 6 nitrogen and oxygen atoms in total. The van der Waals surface area contributed by atoms with E-state index in [1.165, 1.54) is 103 Å². The SMILES string of the molecule is CCCCCCCCCCCNC(=O)CCNCCCNCCC(=O)NCCCCCCCCCCC. The van der Waals surface area contributed by atoms with E-state index in [1.807, 2.05) is 0 Å². The minimum atomic E-state index is 0.151. The van der Waals surface area contributed by atoms with Gasteiger partial charge >= 0.3 is 0 Å². The van der Waals surface area contributed by atoms with Gasteiger partial charge in [-0.2, -0.15) is 0 Å². The molecule has 0 saturated heterocycles. The molecule has 2 amide bonds. The third kappa shape index (κ3) is 31.0. The van der Waals surface area contributed by atoms with Gasteiger partial charge in [-0.1, -0.05) is 117 Å². The largest absolute Gasteiger partial charge is 0.356 e. The maximum Gasteiger partial charge on any atom is 0.221 e. The smallest absolute Gasteiger partial charge is 0.221 e. The minimum absolute atomic E-state index is 0.151. The lowest BCUT2D eigenvalue weighted by Crippen LogP contribution is -2.31. The molecule has 0 aromatic heterocycles. The molecular weight excluding hydrogens is 460 g/mol. The predicted octanol–water partition coefficient (Wildman–Crippen LogP) is 6.63. The molecule has 0 atom stereocenters. The molecule has 0 aliphatic carbocycles. The molecule has 0 radical (unpaired) electrons. The van der Waals surface area contributed by atoms with E-state index in [4.69, 9.17) is 0 Å². The first-order valence-electron chi connectivity index (χ1n) is 16.2. The van der Waals surface area contributed by atoms with Crippen LogP contribution in [0.5, 0.6) is 0 Å². The Balaban J connectivity index is 3.24. The summed E-state index contributed by atoms with van der Waals surface area (Å²) in [7, 11) is 0. The van der Waals surface area contributed by atoms with Gasteiger partial charge in [-0.3, -0.25) is 9.59 Å². The van der Waals surface area contributed by atoms with Crippen molar-refractivity contribution in [3.05, 3.63) is 0 Å². The van der Waals surface area contributed by atoms with Crippen molar-refractivity contribution < 1.29 is 9.59 Å². The van der Waals surface area contributed by atoms with Crippen LogP contribution in [0.2, 0.25) is 0 Å². The highest BCUT2D eigenvalue weighted by Gasteiger charge is 2.02.